The van der Waals surface area contributed by atoms with Gasteiger partial charge < -0.3 is 19.7 Å². The van der Waals surface area contributed by atoms with Gasteiger partial charge in [0.05, 0.1) is 14.2 Å². The summed E-state index contributed by atoms with van der Waals surface area (Å²) in [5, 5.41) is 19.9. The van der Waals surface area contributed by atoms with E-state index in [4.69, 9.17) is 9.47 Å². The van der Waals surface area contributed by atoms with E-state index in [-0.39, 0.29) is 40.7 Å². The third-order valence-corrected chi connectivity index (χ3v) is 15.4. The van der Waals surface area contributed by atoms with Gasteiger partial charge in [-0.1, -0.05) is 72.1 Å². The average Bonchev–Trinajstić information content (AvgIpc) is 3.50. The summed E-state index contributed by atoms with van der Waals surface area (Å²) in [6, 6.07) is 10.4. The van der Waals surface area contributed by atoms with Crippen molar-refractivity contribution in [3.05, 3.63) is 64.7 Å². The minimum absolute atomic E-state index is 0. The molecule has 6 nitrogen and oxygen atoms in total. The second-order valence-corrected chi connectivity index (χ2v) is 18.5. The third kappa shape index (κ3) is 8.52. The number of aromatic carboxylic acids is 2. The first kappa shape index (κ1) is 42.9. The van der Waals surface area contributed by atoms with Crippen molar-refractivity contribution in [3.8, 4) is 11.5 Å². The molecule has 0 spiro atoms. The van der Waals surface area contributed by atoms with Crippen molar-refractivity contribution in [1.29, 1.82) is 0 Å². The van der Waals surface area contributed by atoms with E-state index in [1.807, 2.05) is 12.1 Å². The number of fused-ring (bicyclic) bond motifs is 5. The van der Waals surface area contributed by atoms with E-state index in [1.165, 1.54) is 91.3 Å². The number of benzene rings is 2. The van der Waals surface area contributed by atoms with Crippen molar-refractivity contribution in [2.75, 3.05) is 14.2 Å². The Morgan fingerprint density at radius 3 is 1.96 bits per heavy atom. The molecule has 0 radical (unpaired) electrons. The Bertz CT molecular complexity index is 1600. The summed E-state index contributed by atoms with van der Waals surface area (Å²) in [5.41, 5.74) is 3.43. The molecule has 0 heterocycles. The minimum atomic E-state index is -1.06. The number of carboxylic acids is 2. The molecule has 7 heteroatoms. The molecular formula is C47H66NaO6+. The van der Waals surface area contributed by atoms with Gasteiger partial charge in [-0.3, -0.25) is 0 Å². The van der Waals surface area contributed by atoms with Gasteiger partial charge in [0.2, 0.25) is 0 Å². The molecule has 0 amide bonds. The number of carbonyl (C=O) groups is 2. The summed E-state index contributed by atoms with van der Waals surface area (Å²) < 4.78 is 10.7. The molecule has 4 aliphatic rings. The maximum atomic E-state index is 12.1. The van der Waals surface area contributed by atoms with Crippen molar-refractivity contribution in [1.82, 2.24) is 0 Å². The number of hydrogen-bond donors (Lipinski definition) is 2. The standard InChI is InChI=1S/C47H66O6.Na/c1-29(2)10-8-11-30(3)39-18-19-40-36-17-16-34-26-31(22-24-46(34,4)41(36)23-25-47(39,40)5)12-9-13-35(32-14-20-42(52-6)37(27-32)44(48)49)33-15-21-43(53-7)38(28-33)45(50)51;/h13-15,20-21,27-31,34,36,39-41H,8-12,16-19,22-26H2,1-7H3,(H,48,49)(H,50,51);/q;+1/t30?,31-,34-,36-,39+,40-,41-,46-,47+;/m0./s1. The largest absolute Gasteiger partial charge is 1.00 e. The maximum Gasteiger partial charge on any atom is 1.00 e. The number of ether oxygens (including phenoxy) is 2. The third-order valence-electron chi connectivity index (χ3n) is 15.4. The van der Waals surface area contributed by atoms with Crippen LogP contribution in [0.15, 0.2) is 42.5 Å². The fourth-order valence-corrected chi connectivity index (χ4v) is 12.6. The van der Waals surface area contributed by atoms with E-state index in [9.17, 15) is 19.8 Å². The van der Waals surface area contributed by atoms with Crippen LogP contribution >= 0.6 is 0 Å². The summed E-state index contributed by atoms with van der Waals surface area (Å²) in [4.78, 5) is 24.3. The van der Waals surface area contributed by atoms with Crippen LogP contribution in [-0.2, 0) is 0 Å². The fourth-order valence-electron chi connectivity index (χ4n) is 12.6. The molecule has 54 heavy (non-hydrogen) atoms. The zero-order chi connectivity index (χ0) is 38.1. The molecular weight excluding hydrogens is 684 g/mol. The van der Waals surface area contributed by atoms with Crippen molar-refractivity contribution >= 4 is 17.5 Å². The molecule has 0 bridgehead atoms. The molecule has 2 aromatic rings. The first-order valence-electron chi connectivity index (χ1n) is 20.8. The van der Waals surface area contributed by atoms with Crippen LogP contribution in [0.3, 0.4) is 0 Å². The molecule has 9 atom stereocenters. The van der Waals surface area contributed by atoms with E-state index in [0.717, 1.165) is 71.0 Å². The Labute approximate surface area is 347 Å². The van der Waals surface area contributed by atoms with Crippen molar-refractivity contribution in [2.45, 2.75) is 125 Å². The topological polar surface area (TPSA) is 93.1 Å². The SMILES string of the molecule is COc1ccc(C(=CCC[C@H]2CC[C@@]3(C)[C@@H](CC[C@@H]4[C@@H]3CC[C@]3(C)[C@@H](C(C)CCCC(C)C)CC[C@@H]43)C2)c2ccc(OC)c(C(=O)O)c2)cc1C(=O)O.[Na+]. The molecule has 290 valence electrons. The van der Waals surface area contributed by atoms with Crippen LogP contribution in [0, 0.1) is 58.2 Å². The molecule has 1 unspecified atom stereocenters. The van der Waals surface area contributed by atoms with Gasteiger partial charge >= 0.3 is 41.5 Å². The van der Waals surface area contributed by atoms with Crippen molar-refractivity contribution in [2.24, 2.45) is 58.2 Å². The summed E-state index contributed by atoms with van der Waals surface area (Å²) >= 11 is 0. The Morgan fingerprint density at radius 1 is 0.796 bits per heavy atom. The Morgan fingerprint density at radius 2 is 1.39 bits per heavy atom. The molecule has 0 saturated heterocycles. The van der Waals surface area contributed by atoms with Crippen molar-refractivity contribution in [3.63, 3.8) is 0 Å². The average molecular weight is 750 g/mol. The molecule has 6 rings (SSSR count). The Balaban J connectivity index is 0.00000561. The molecule has 0 aliphatic heterocycles. The predicted octanol–water partition coefficient (Wildman–Crippen LogP) is 9.05. The summed E-state index contributed by atoms with van der Waals surface area (Å²) in [5.74, 6) is 5.18. The summed E-state index contributed by atoms with van der Waals surface area (Å²) in [6.45, 7) is 12.7. The van der Waals surface area contributed by atoms with Gasteiger partial charge in [0.15, 0.2) is 0 Å². The van der Waals surface area contributed by atoms with Gasteiger partial charge in [-0.25, -0.2) is 9.59 Å². The Hall–Kier alpha value is -2.28. The van der Waals surface area contributed by atoms with Gasteiger partial charge in [0, 0.05) is 0 Å². The number of hydrogen-bond acceptors (Lipinski definition) is 4. The second-order valence-electron chi connectivity index (χ2n) is 18.5. The van der Waals surface area contributed by atoms with Crippen LogP contribution in [0.4, 0.5) is 0 Å². The Kier molecular flexibility index (Phi) is 14.2. The first-order valence-corrected chi connectivity index (χ1v) is 20.8. The van der Waals surface area contributed by atoms with E-state index < -0.39 is 11.9 Å². The van der Waals surface area contributed by atoms with Crippen molar-refractivity contribution < 1.29 is 58.8 Å². The number of carboxylic acid groups (broad SMARTS) is 2. The normalized spacial score (nSPS) is 30.6. The van der Waals surface area contributed by atoms with Crippen LogP contribution in [0.25, 0.3) is 5.57 Å². The number of methoxy groups -OCH3 is 2. The van der Waals surface area contributed by atoms with Gasteiger partial charge in [0.1, 0.15) is 22.6 Å². The van der Waals surface area contributed by atoms with Gasteiger partial charge in [-0.2, -0.15) is 0 Å². The van der Waals surface area contributed by atoms with Crippen LogP contribution in [-0.4, -0.2) is 36.4 Å². The molecule has 4 aliphatic carbocycles. The van der Waals surface area contributed by atoms with Gasteiger partial charge in [-0.05, 0) is 170 Å². The van der Waals surface area contributed by atoms with E-state index in [0.29, 0.717) is 28.2 Å². The summed E-state index contributed by atoms with van der Waals surface area (Å²) in [7, 11) is 2.93. The smallest absolute Gasteiger partial charge is 0.496 e. The molecule has 0 aromatic heterocycles. The zero-order valence-electron chi connectivity index (χ0n) is 34.6. The second kappa shape index (κ2) is 17.9. The first-order chi connectivity index (χ1) is 25.3. The van der Waals surface area contributed by atoms with Gasteiger partial charge in [0.25, 0.3) is 0 Å². The summed E-state index contributed by atoms with van der Waals surface area (Å²) in [6.07, 6.45) is 20.7. The monoisotopic (exact) mass is 749 g/mol. The van der Waals surface area contributed by atoms with E-state index >= 15 is 0 Å². The van der Waals surface area contributed by atoms with Crippen LogP contribution in [0.5, 0.6) is 11.5 Å². The van der Waals surface area contributed by atoms with E-state index in [2.05, 4.69) is 40.7 Å². The maximum absolute atomic E-state index is 12.1. The quantitative estimate of drug-likeness (QED) is 0.187. The van der Waals surface area contributed by atoms with Crippen LogP contribution < -0.4 is 39.0 Å². The predicted molar refractivity (Wildman–Crippen MR) is 213 cm³/mol. The molecule has 4 fully saturated rings. The number of rotatable bonds is 14. The van der Waals surface area contributed by atoms with E-state index in [1.54, 1.807) is 24.3 Å². The zero-order valence-corrected chi connectivity index (χ0v) is 36.6. The molecule has 2 N–H and O–H groups in total. The fraction of sp³-hybridized carbons (Fsp3) is 0.660. The van der Waals surface area contributed by atoms with Crippen LogP contribution in [0.2, 0.25) is 0 Å². The molecule has 2 aromatic carbocycles. The van der Waals surface area contributed by atoms with Gasteiger partial charge in [-0.15, -0.1) is 0 Å². The minimum Gasteiger partial charge on any atom is -0.496 e. The number of allylic oxidation sites excluding steroid dienone is 1. The van der Waals surface area contributed by atoms with Crippen LogP contribution in [0.1, 0.15) is 156 Å². The molecule has 4 saturated carbocycles.